The van der Waals surface area contributed by atoms with Crippen LogP contribution < -0.4 is 0 Å². The lowest BCUT2D eigenvalue weighted by molar-refractivity contribution is -0.138. The van der Waals surface area contributed by atoms with E-state index in [1.807, 2.05) is 19.1 Å². The molecule has 0 spiro atoms. The third-order valence-electron chi connectivity index (χ3n) is 1.66. The molecule has 1 rings (SSSR count). The van der Waals surface area contributed by atoms with Gasteiger partial charge in [0.25, 0.3) is 0 Å². The van der Waals surface area contributed by atoms with Crippen LogP contribution in [0, 0.1) is 5.92 Å². The first-order valence-electron chi connectivity index (χ1n) is 3.28. The molecule has 0 amide bonds. The van der Waals surface area contributed by atoms with Crippen molar-refractivity contribution in [3.8, 4) is 0 Å². The Balaban J connectivity index is 2.75. The zero-order valence-corrected chi connectivity index (χ0v) is 5.87. The van der Waals surface area contributed by atoms with Crippen LogP contribution in [0.2, 0.25) is 0 Å². The molecule has 0 bridgehead atoms. The quantitative estimate of drug-likeness (QED) is 0.559. The maximum atomic E-state index is 10.5. The molecule has 0 aromatic carbocycles. The van der Waals surface area contributed by atoms with Crippen molar-refractivity contribution in [2.75, 3.05) is 0 Å². The van der Waals surface area contributed by atoms with E-state index in [2.05, 4.69) is 0 Å². The summed E-state index contributed by atoms with van der Waals surface area (Å²) in [5.74, 6) is -1.14. The Morgan fingerprint density at radius 3 is 2.90 bits per heavy atom. The van der Waals surface area contributed by atoms with Crippen molar-refractivity contribution in [1.29, 1.82) is 0 Å². The molecule has 2 heteroatoms. The molecular formula is C8H10O2. The lowest BCUT2D eigenvalue weighted by Crippen LogP contribution is -2.13. The minimum atomic E-state index is -0.760. The summed E-state index contributed by atoms with van der Waals surface area (Å²) in [4.78, 5) is 10.5. The van der Waals surface area contributed by atoms with Crippen LogP contribution in [0.3, 0.4) is 0 Å². The molecule has 54 valence electrons. The standard InChI is InChI=1S/C8H10O2/c1-6-4-2-3-5-7(6)8(9)10/h3-5,7H,2H2,1H3,(H,9,10)/t7-/m0/s1. The number of carboxylic acid groups (broad SMARTS) is 1. The van der Waals surface area contributed by atoms with E-state index in [1.54, 1.807) is 6.08 Å². The van der Waals surface area contributed by atoms with Crippen molar-refractivity contribution in [3.05, 3.63) is 23.8 Å². The Labute approximate surface area is 59.9 Å². The summed E-state index contributed by atoms with van der Waals surface area (Å²) < 4.78 is 0. The van der Waals surface area contributed by atoms with Gasteiger partial charge in [0.1, 0.15) is 0 Å². The van der Waals surface area contributed by atoms with Crippen LogP contribution in [0.25, 0.3) is 0 Å². The fourth-order valence-corrected chi connectivity index (χ4v) is 1.02. The van der Waals surface area contributed by atoms with Gasteiger partial charge in [-0.2, -0.15) is 0 Å². The zero-order valence-electron chi connectivity index (χ0n) is 5.87. The molecule has 0 heterocycles. The van der Waals surface area contributed by atoms with Crippen molar-refractivity contribution in [2.45, 2.75) is 13.3 Å². The predicted molar refractivity (Wildman–Crippen MR) is 38.6 cm³/mol. The number of hydrogen-bond donors (Lipinski definition) is 1. The molecule has 0 saturated carbocycles. The number of carbonyl (C=O) groups is 1. The van der Waals surface area contributed by atoms with Crippen LogP contribution in [0.4, 0.5) is 0 Å². The molecule has 0 aromatic heterocycles. The van der Waals surface area contributed by atoms with Gasteiger partial charge in [-0.3, -0.25) is 4.79 Å². The summed E-state index contributed by atoms with van der Waals surface area (Å²) in [6, 6.07) is 0. The molecule has 0 unspecified atom stereocenters. The summed E-state index contributed by atoms with van der Waals surface area (Å²) >= 11 is 0. The van der Waals surface area contributed by atoms with E-state index < -0.39 is 5.97 Å². The topological polar surface area (TPSA) is 37.3 Å². The van der Waals surface area contributed by atoms with E-state index in [4.69, 9.17) is 5.11 Å². The highest BCUT2D eigenvalue weighted by molar-refractivity contribution is 5.76. The van der Waals surface area contributed by atoms with E-state index in [0.717, 1.165) is 12.0 Å². The van der Waals surface area contributed by atoms with Crippen molar-refractivity contribution in [2.24, 2.45) is 5.92 Å². The third kappa shape index (κ3) is 1.26. The lowest BCUT2D eigenvalue weighted by Gasteiger charge is -2.10. The number of allylic oxidation sites excluding steroid dienone is 2. The van der Waals surface area contributed by atoms with Crippen LogP contribution in [0.1, 0.15) is 13.3 Å². The summed E-state index contributed by atoms with van der Waals surface area (Å²) in [5, 5.41) is 8.62. The maximum Gasteiger partial charge on any atom is 0.314 e. The van der Waals surface area contributed by atoms with Crippen molar-refractivity contribution >= 4 is 5.97 Å². The first-order chi connectivity index (χ1) is 4.72. The van der Waals surface area contributed by atoms with Gasteiger partial charge in [-0.25, -0.2) is 0 Å². The highest BCUT2D eigenvalue weighted by atomic mass is 16.4. The van der Waals surface area contributed by atoms with E-state index in [0.29, 0.717) is 0 Å². The molecule has 0 aliphatic heterocycles. The van der Waals surface area contributed by atoms with Gasteiger partial charge in [-0.05, 0) is 13.3 Å². The van der Waals surface area contributed by atoms with Gasteiger partial charge in [-0.1, -0.05) is 23.8 Å². The fraction of sp³-hybridized carbons (Fsp3) is 0.375. The monoisotopic (exact) mass is 138 g/mol. The molecule has 2 nitrogen and oxygen atoms in total. The Morgan fingerprint density at radius 2 is 2.50 bits per heavy atom. The molecule has 0 saturated heterocycles. The van der Waals surface area contributed by atoms with Gasteiger partial charge >= 0.3 is 5.97 Å². The minimum absolute atomic E-state index is 0.381. The highest BCUT2D eigenvalue weighted by Gasteiger charge is 2.16. The Morgan fingerprint density at radius 1 is 1.80 bits per heavy atom. The number of aliphatic carboxylic acids is 1. The molecule has 0 fully saturated rings. The van der Waals surface area contributed by atoms with Crippen molar-refractivity contribution < 1.29 is 9.90 Å². The van der Waals surface area contributed by atoms with E-state index in [-0.39, 0.29) is 5.92 Å². The largest absolute Gasteiger partial charge is 0.481 e. The summed E-state index contributed by atoms with van der Waals surface area (Å²) in [6.45, 7) is 1.85. The summed E-state index contributed by atoms with van der Waals surface area (Å²) in [6.07, 6.45) is 6.43. The number of carboxylic acids is 1. The predicted octanol–water partition coefficient (Wildman–Crippen LogP) is 1.59. The zero-order chi connectivity index (χ0) is 7.56. The van der Waals surface area contributed by atoms with Crippen LogP contribution in [0.15, 0.2) is 23.8 Å². The van der Waals surface area contributed by atoms with Gasteiger partial charge < -0.3 is 5.11 Å². The first-order valence-corrected chi connectivity index (χ1v) is 3.28. The first kappa shape index (κ1) is 7.06. The SMILES string of the molecule is CC1=CCC=C[C@@H]1C(=O)O. The second-order valence-electron chi connectivity index (χ2n) is 2.43. The van der Waals surface area contributed by atoms with Gasteiger partial charge in [0.05, 0.1) is 5.92 Å². The van der Waals surface area contributed by atoms with Crippen LogP contribution in [-0.2, 0) is 4.79 Å². The normalized spacial score (nSPS) is 24.1. The van der Waals surface area contributed by atoms with Crippen molar-refractivity contribution in [3.63, 3.8) is 0 Å². The molecule has 1 aliphatic carbocycles. The molecule has 10 heavy (non-hydrogen) atoms. The lowest BCUT2D eigenvalue weighted by atomic mass is 9.95. The van der Waals surface area contributed by atoms with Crippen molar-refractivity contribution in [1.82, 2.24) is 0 Å². The second-order valence-corrected chi connectivity index (χ2v) is 2.43. The number of rotatable bonds is 1. The molecule has 0 radical (unpaired) electrons. The maximum absolute atomic E-state index is 10.5. The van der Waals surface area contributed by atoms with E-state index in [1.165, 1.54) is 0 Å². The fourth-order valence-electron chi connectivity index (χ4n) is 1.02. The van der Waals surface area contributed by atoms with Crippen LogP contribution in [0.5, 0.6) is 0 Å². The molecule has 0 aromatic rings. The molecular weight excluding hydrogens is 128 g/mol. The van der Waals surface area contributed by atoms with Gasteiger partial charge in [0.15, 0.2) is 0 Å². The molecule has 1 atom stereocenters. The van der Waals surface area contributed by atoms with E-state index >= 15 is 0 Å². The second kappa shape index (κ2) is 2.69. The molecule has 1 aliphatic rings. The van der Waals surface area contributed by atoms with Gasteiger partial charge in [0.2, 0.25) is 0 Å². The Bertz CT molecular complexity index is 201. The average Bonchev–Trinajstić information content (AvgIpc) is 1.88. The van der Waals surface area contributed by atoms with Crippen LogP contribution in [-0.4, -0.2) is 11.1 Å². The van der Waals surface area contributed by atoms with Crippen LogP contribution >= 0.6 is 0 Å². The smallest absolute Gasteiger partial charge is 0.314 e. The average molecular weight is 138 g/mol. The third-order valence-corrected chi connectivity index (χ3v) is 1.66. The van der Waals surface area contributed by atoms with Gasteiger partial charge in [0, 0.05) is 0 Å². The highest BCUT2D eigenvalue weighted by Crippen LogP contribution is 2.17. The summed E-state index contributed by atoms with van der Waals surface area (Å²) in [5.41, 5.74) is 0.940. The number of hydrogen-bond acceptors (Lipinski definition) is 1. The Hall–Kier alpha value is -1.05. The van der Waals surface area contributed by atoms with E-state index in [9.17, 15) is 4.79 Å². The Kier molecular flexibility index (Phi) is 1.90. The summed E-state index contributed by atoms with van der Waals surface area (Å²) in [7, 11) is 0. The molecule has 1 N–H and O–H groups in total. The van der Waals surface area contributed by atoms with Gasteiger partial charge in [-0.15, -0.1) is 0 Å². The minimum Gasteiger partial charge on any atom is -0.481 e.